The molecular formula is C31H31N5O3S. The van der Waals surface area contributed by atoms with Crippen LogP contribution in [-0.4, -0.2) is 44.9 Å². The van der Waals surface area contributed by atoms with Crippen LogP contribution in [0.1, 0.15) is 43.4 Å². The Morgan fingerprint density at radius 1 is 0.950 bits per heavy atom. The van der Waals surface area contributed by atoms with Gasteiger partial charge < -0.3 is 10.6 Å². The number of carbonyl (C=O) groups excluding carboxylic acids is 3. The van der Waals surface area contributed by atoms with Crippen molar-refractivity contribution in [2.75, 3.05) is 5.32 Å². The number of rotatable bonds is 9. The number of amidine groups is 2. The summed E-state index contributed by atoms with van der Waals surface area (Å²) in [6, 6.07) is 24.0. The largest absolute Gasteiger partial charge is 0.352 e. The molecule has 5 rings (SSSR count). The van der Waals surface area contributed by atoms with Crippen LogP contribution in [0.15, 0.2) is 88.8 Å². The average molecular weight is 554 g/mol. The number of fused-ring (bicyclic) bond motifs is 3. The molecule has 0 radical (unpaired) electrons. The Kier molecular flexibility index (Phi) is 8.40. The molecule has 2 aliphatic heterocycles. The van der Waals surface area contributed by atoms with Gasteiger partial charge in [0.15, 0.2) is 5.17 Å². The van der Waals surface area contributed by atoms with Crippen LogP contribution in [0.4, 0.5) is 11.4 Å². The van der Waals surface area contributed by atoms with E-state index in [-0.39, 0.29) is 24.1 Å². The van der Waals surface area contributed by atoms with Crippen LogP contribution in [0.3, 0.4) is 0 Å². The molecule has 2 atom stereocenters. The molecule has 0 saturated carbocycles. The number of carbonyl (C=O) groups is 3. The molecule has 3 amide bonds. The van der Waals surface area contributed by atoms with E-state index in [0.717, 1.165) is 23.2 Å². The second kappa shape index (κ2) is 12.3. The molecule has 204 valence electrons. The first kappa shape index (κ1) is 27.3. The van der Waals surface area contributed by atoms with E-state index >= 15 is 0 Å². The zero-order valence-electron chi connectivity index (χ0n) is 22.5. The Hall–Kier alpha value is -4.24. The van der Waals surface area contributed by atoms with Gasteiger partial charge in [-0.3, -0.25) is 19.4 Å². The summed E-state index contributed by atoms with van der Waals surface area (Å²) in [5.41, 5.74) is 4.28. The van der Waals surface area contributed by atoms with Gasteiger partial charge in [0.2, 0.25) is 11.8 Å². The van der Waals surface area contributed by atoms with E-state index < -0.39 is 11.3 Å². The molecule has 3 aromatic carbocycles. The Balaban J connectivity index is 1.32. The number of amides is 3. The molecule has 0 bridgehead atoms. The number of hydrogen-bond donors (Lipinski definition) is 2. The topological polar surface area (TPSA) is 103 Å². The maximum Gasteiger partial charge on any atom is 0.259 e. The first-order chi connectivity index (χ1) is 19.5. The third kappa shape index (κ3) is 5.99. The van der Waals surface area contributed by atoms with E-state index in [2.05, 4.69) is 22.5 Å². The highest BCUT2D eigenvalue weighted by molar-refractivity contribution is 8.15. The van der Waals surface area contributed by atoms with E-state index in [9.17, 15) is 14.4 Å². The molecule has 0 fully saturated rings. The molecule has 2 aliphatic rings. The molecule has 2 N–H and O–H groups in total. The predicted octanol–water partition coefficient (Wildman–Crippen LogP) is 5.06. The average Bonchev–Trinajstić information content (AvgIpc) is 3.31. The minimum atomic E-state index is -0.867. The summed E-state index contributed by atoms with van der Waals surface area (Å²) in [6.45, 7) is 4.38. The lowest BCUT2D eigenvalue weighted by atomic mass is 10.1. The van der Waals surface area contributed by atoms with Crippen molar-refractivity contribution in [1.82, 2.24) is 10.2 Å². The Bertz CT molecular complexity index is 1470. The minimum Gasteiger partial charge on any atom is -0.352 e. The van der Waals surface area contributed by atoms with Gasteiger partial charge in [-0.1, -0.05) is 80.2 Å². The van der Waals surface area contributed by atoms with Crippen molar-refractivity contribution in [3.8, 4) is 0 Å². The zero-order chi connectivity index (χ0) is 28.1. The fourth-order valence-electron chi connectivity index (χ4n) is 4.55. The lowest BCUT2D eigenvalue weighted by Gasteiger charge is -2.27. The van der Waals surface area contributed by atoms with Crippen LogP contribution in [-0.2, 0) is 27.3 Å². The molecular weight excluding hydrogens is 522 g/mol. The summed E-state index contributed by atoms with van der Waals surface area (Å²) >= 11 is 1.23. The zero-order valence-corrected chi connectivity index (χ0v) is 23.3. The smallest absolute Gasteiger partial charge is 0.259 e. The predicted molar refractivity (Wildman–Crippen MR) is 160 cm³/mol. The van der Waals surface area contributed by atoms with E-state index in [4.69, 9.17) is 4.99 Å². The molecule has 8 nitrogen and oxygen atoms in total. The summed E-state index contributed by atoms with van der Waals surface area (Å²) in [7, 11) is 0. The van der Waals surface area contributed by atoms with Crippen molar-refractivity contribution in [2.24, 2.45) is 9.98 Å². The quantitative estimate of drug-likeness (QED) is 0.386. The van der Waals surface area contributed by atoms with Crippen LogP contribution in [0.2, 0.25) is 0 Å². The van der Waals surface area contributed by atoms with Crippen LogP contribution >= 0.6 is 11.8 Å². The van der Waals surface area contributed by atoms with Gasteiger partial charge in [0.25, 0.3) is 5.91 Å². The second-order valence-corrected chi connectivity index (χ2v) is 10.7. The number of nitrogens with one attached hydrogen (secondary N) is 2. The van der Waals surface area contributed by atoms with E-state index in [1.807, 2.05) is 85.8 Å². The van der Waals surface area contributed by atoms with Crippen LogP contribution in [0, 0.1) is 0 Å². The third-order valence-electron chi connectivity index (χ3n) is 6.80. The van der Waals surface area contributed by atoms with Crippen LogP contribution in [0.5, 0.6) is 0 Å². The third-order valence-corrected chi connectivity index (χ3v) is 8.12. The van der Waals surface area contributed by atoms with Gasteiger partial charge in [-0.2, -0.15) is 0 Å². The van der Waals surface area contributed by atoms with E-state index in [0.29, 0.717) is 29.7 Å². The van der Waals surface area contributed by atoms with Crippen molar-refractivity contribution in [2.45, 2.75) is 50.9 Å². The summed E-state index contributed by atoms with van der Waals surface area (Å²) < 4.78 is 0. The number of aryl methyl sites for hydroxylation is 1. The molecule has 40 heavy (non-hydrogen) atoms. The highest BCUT2D eigenvalue weighted by Crippen LogP contribution is 2.35. The number of nitrogens with zero attached hydrogens (tertiary/aromatic N) is 3. The first-order valence-corrected chi connectivity index (χ1v) is 14.3. The van der Waals surface area contributed by atoms with Gasteiger partial charge in [-0.25, -0.2) is 9.89 Å². The Morgan fingerprint density at radius 3 is 2.40 bits per heavy atom. The second-order valence-electron chi connectivity index (χ2n) is 9.57. The van der Waals surface area contributed by atoms with Gasteiger partial charge in [0, 0.05) is 17.8 Å². The summed E-state index contributed by atoms with van der Waals surface area (Å²) in [5, 5.41) is 5.76. The molecule has 3 aromatic rings. The molecule has 2 heterocycles. The van der Waals surface area contributed by atoms with Gasteiger partial charge in [0.05, 0.1) is 17.4 Å². The fourth-order valence-corrected chi connectivity index (χ4v) is 5.57. The molecule has 9 heteroatoms. The minimum absolute atomic E-state index is 0.0722. The summed E-state index contributed by atoms with van der Waals surface area (Å²) in [4.78, 5) is 50.4. The fraction of sp³-hybridized carbons (Fsp3) is 0.258. The lowest BCUT2D eigenvalue weighted by molar-refractivity contribution is -0.128. The van der Waals surface area contributed by atoms with Crippen molar-refractivity contribution in [3.63, 3.8) is 0 Å². The van der Waals surface area contributed by atoms with Gasteiger partial charge in [-0.15, -0.1) is 0 Å². The molecule has 0 aromatic heterocycles. The van der Waals surface area contributed by atoms with Gasteiger partial charge >= 0.3 is 0 Å². The van der Waals surface area contributed by atoms with E-state index in [1.54, 1.807) is 0 Å². The maximum absolute atomic E-state index is 13.6. The number of hydrogen-bond acceptors (Lipinski definition) is 6. The first-order valence-electron chi connectivity index (χ1n) is 13.4. The van der Waals surface area contributed by atoms with Crippen LogP contribution < -0.4 is 10.6 Å². The number of thioether (sulfide) groups is 1. The van der Waals surface area contributed by atoms with Gasteiger partial charge in [-0.05, 0) is 48.2 Å². The molecule has 0 spiro atoms. The monoisotopic (exact) mass is 553 g/mol. The Morgan fingerprint density at radius 2 is 1.68 bits per heavy atom. The number of benzene rings is 3. The highest BCUT2D eigenvalue weighted by Gasteiger charge is 2.43. The van der Waals surface area contributed by atoms with Crippen molar-refractivity contribution in [1.29, 1.82) is 0 Å². The normalized spacial score (nSPS) is 16.4. The molecule has 0 unspecified atom stereocenters. The lowest BCUT2D eigenvalue weighted by Crippen LogP contribution is -2.43. The van der Waals surface area contributed by atoms with Crippen LogP contribution in [0.25, 0.3) is 0 Å². The van der Waals surface area contributed by atoms with E-state index in [1.165, 1.54) is 22.2 Å². The van der Waals surface area contributed by atoms with Crippen molar-refractivity contribution >= 4 is 51.9 Å². The standard InChI is InChI=1S/C31H31N5O3S/c1-3-20-14-16-22(17-15-20)33-29(38)26(4-2)40-31-35-24-13-9-8-12-23(24)28-34-25(30(39)36(28)31)18-27(37)32-19-21-10-6-5-7-11-21/h5-17,25-26H,3-4,18-19H2,1-2H3,(H,32,37)(H,33,38)/t25-,26+/m0/s1. The number of para-hydroxylation sites is 1. The maximum atomic E-state index is 13.6. The molecule has 0 aliphatic carbocycles. The molecule has 0 saturated heterocycles. The van der Waals surface area contributed by atoms with Crippen molar-refractivity contribution in [3.05, 3.63) is 95.6 Å². The Labute approximate surface area is 238 Å². The number of aliphatic imine (C=N–C) groups is 2. The van der Waals surface area contributed by atoms with Crippen molar-refractivity contribution < 1.29 is 14.4 Å². The number of anilines is 1. The SMILES string of the molecule is CCc1ccc(NC(=O)[C@@H](CC)SC2=Nc3ccccc3C3=N[C@@H](CC(=O)NCc4ccccc4)C(=O)N23)cc1. The summed E-state index contributed by atoms with van der Waals surface area (Å²) in [6.07, 6.45) is 1.38. The van der Waals surface area contributed by atoms with Gasteiger partial charge in [0.1, 0.15) is 11.9 Å². The summed E-state index contributed by atoms with van der Waals surface area (Å²) in [5.74, 6) is -0.286. The highest BCUT2D eigenvalue weighted by atomic mass is 32.2.